The third-order valence-corrected chi connectivity index (χ3v) is 6.71. The summed E-state index contributed by atoms with van der Waals surface area (Å²) in [6.07, 6.45) is 1.19. The molecule has 0 saturated carbocycles. The van der Waals surface area contributed by atoms with E-state index in [0.29, 0.717) is 22.9 Å². The van der Waals surface area contributed by atoms with E-state index in [9.17, 15) is 13.2 Å². The molecule has 0 aromatic heterocycles. The minimum atomic E-state index is -3.56. The number of hydrogen-bond acceptors (Lipinski definition) is 5. The van der Waals surface area contributed by atoms with Gasteiger partial charge in [0.15, 0.2) is 6.10 Å². The SMILES string of the molecule is CC[C@@H](NC(=O)[C@@H]1CCN(S(C)(=O)=O)c2cc(Cl)ccc2O1)c1ccc(OC)c(C)c1. The smallest absolute Gasteiger partial charge is 0.261 e. The molecule has 168 valence electrons. The molecule has 31 heavy (non-hydrogen) atoms. The third kappa shape index (κ3) is 5.25. The Morgan fingerprint density at radius 2 is 2.06 bits per heavy atom. The van der Waals surface area contributed by atoms with Gasteiger partial charge in [-0.15, -0.1) is 0 Å². The third-order valence-electron chi connectivity index (χ3n) is 5.29. The number of carbonyl (C=O) groups excluding carboxylic acids is 1. The normalized spacial score (nSPS) is 17.2. The summed E-state index contributed by atoms with van der Waals surface area (Å²) in [5, 5.41) is 3.43. The zero-order valence-electron chi connectivity index (χ0n) is 18.0. The Morgan fingerprint density at radius 3 is 2.68 bits per heavy atom. The van der Waals surface area contributed by atoms with Crippen molar-refractivity contribution in [2.45, 2.75) is 38.8 Å². The molecule has 0 saturated heterocycles. The zero-order valence-corrected chi connectivity index (χ0v) is 19.6. The maximum Gasteiger partial charge on any atom is 0.261 e. The van der Waals surface area contributed by atoms with Gasteiger partial charge in [0.25, 0.3) is 5.91 Å². The lowest BCUT2D eigenvalue weighted by atomic mass is 10.0. The highest BCUT2D eigenvalue weighted by atomic mass is 35.5. The second kappa shape index (κ2) is 9.36. The molecule has 2 aromatic carbocycles. The van der Waals surface area contributed by atoms with Crippen LogP contribution in [0.2, 0.25) is 5.02 Å². The highest BCUT2D eigenvalue weighted by Gasteiger charge is 2.32. The summed E-state index contributed by atoms with van der Waals surface area (Å²) in [6, 6.07) is 10.3. The second-order valence-corrected chi connectivity index (χ2v) is 9.88. The average molecular weight is 467 g/mol. The van der Waals surface area contributed by atoms with Gasteiger partial charge in [-0.2, -0.15) is 0 Å². The van der Waals surface area contributed by atoms with E-state index in [1.165, 1.54) is 10.4 Å². The number of halogens is 1. The highest BCUT2D eigenvalue weighted by molar-refractivity contribution is 7.92. The predicted octanol–water partition coefficient (Wildman–Crippen LogP) is 3.84. The van der Waals surface area contributed by atoms with E-state index in [-0.39, 0.29) is 24.9 Å². The molecule has 0 radical (unpaired) electrons. The molecule has 0 bridgehead atoms. The van der Waals surface area contributed by atoms with Gasteiger partial charge in [0, 0.05) is 18.0 Å². The summed E-state index contributed by atoms with van der Waals surface area (Å²) in [7, 11) is -1.94. The maximum atomic E-state index is 13.1. The van der Waals surface area contributed by atoms with Crippen LogP contribution in [-0.2, 0) is 14.8 Å². The van der Waals surface area contributed by atoms with Crippen LogP contribution in [0.3, 0.4) is 0 Å². The summed E-state index contributed by atoms with van der Waals surface area (Å²) < 4.78 is 37.1. The van der Waals surface area contributed by atoms with Gasteiger partial charge in [0.2, 0.25) is 10.0 Å². The molecule has 9 heteroatoms. The molecule has 1 N–H and O–H groups in total. The number of anilines is 1. The number of nitrogens with zero attached hydrogens (tertiary/aromatic N) is 1. The molecule has 1 amide bonds. The van der Waals surface area contributed by atoms with Crippen molar-refractivity contribution in [1.82, 2.24) is 5.32 Å². The van der Waals surface area contributed by atoms with Crippen LogP contribution in [0.1, 0.15) is 36.9 Å². The van der Waals surface area contributed by atoms with E-state index in [1.54, 1.807) is 19.2 Å². The van der Waals surface area contributed by atoms with E-state index in [1.807, 2.05) is 32.0 Å². The summed E-state index contributed by atoms with van der Waals surface area (Å²) in [5.74, 6) is 0.797. The molecule has 2 atom stereocenters. The topological polar surface area (TPSA) is 84.9 Å². The van der Waals surface area contributed by atoms with Gasteiger partial charge in [0.05, 0.1) is 25.1 Å². The Morgan fingerprint density at radius 1 is 1.32 bits per heavy atom. The highest BCUT2D eigenvalue weighted by Crippen LogP contribution is 2.36. The number of rotatable bonds is 6. The van der Waals surface area contributed by atoms with E-state index in [4.69, 9.17) is 21.1 Å². The Kier molecular flexibility index (Phi) is 7.01. The quantitative estimate of drug-likeness (QED) is 0.699. The molecule has 0 spiro atoms. The van der Waals surface area contributed by atoms with Crippen LogP contribution < -0.4 is 19.1 Å². The number of ether oxygens (including phenoxy) is 2. The lowest BCUT2D eigenvalue weighted by Gasteiger charge is -2.22. The van der Waals surface area contributed by atoms with Gasteiger partial charge in [0.1, 0.15) is 11.5 Å². The van der Waals surface area contributed by atoms with Crippen molar-refractivity contribution in [3.8, 4) is 11.5 Å². The zero-order chi connectivity index (χ0) is 22.8. The van der Waals surface area contributed by atoms with Crippen molar-refractivity contribution in [3.05, 3.63) is 52.5 Å². The van der Waals surface area contributed by atoms with Gasteiger partial charge in [-0.05, 0) is 48.7 Å². The molecular formula is C22H27ClN2O5S. The standard InChI is InChI=1S/C22H27ClN2O5S/c1-5-17(15-6-8-19(29-3)14(2)12-15)24-22(26)21-10-11-25(31(4,27)28)18-13-16(23)7-9-20(18)30-21/h6-9,12-13,17,21H,5,10-11H2,1-4H3,(H,24,26)/t17-,21+/m1/s1. The number of aryl methyl sites for hydroxylation is 1. The number of benzene rings is 2. The minimum absolute atomic E-state index is 0.114. The lowest BCUT2D eigenvalue weighted by molar-refractivity contribution is -0.128. The average Bonchev–Trinajstić information content (AvgIpc) is 2.91. The number of amides is 1. The molecule has 2 aromatic rings. The predicted molar refractivity (Wildman–Crippen MR) is 122 cm³/mol. The van der Waals surface area contributed by atoms with Crippen LogP contribution in [0.25, 0.3) is 0 Å². The van der Waals surface area contributed by atoms with E-state index in [2.05, 4.69) is 5.32 Å². The number of sulfonamides is 1. The number of fused-ring (bicyclic) bond motifs is 1. The van der Waals surface area contributed by atoms with Crippen molar-refractivity contribution < 1.29 is 22.7 Å². The number of nitrogens with one attached hydrogen (secondary N) is 1. The van der Waals surface area contributed by atoms with E-state index < -0.39 is 16.1 Å². The van der Waals surface area contributed by atoms with Crippen molar-refractivity contribution in [2.75, 3.05) is 24.2 Å². The Labute approximate surface area is 188 Å². The monoisotopic (exact) mass is 466 g/mol. The summed E-state index contributed by atoms with van der Waals surface area (Å²) in [5.41, 5.74) is 2.28. The molecule has 1 heterocycles. The van der Waals surface area contributed by atoms with Crippen LogP contribution in [0, 0.1) is 6.92 Å². The minimum Gasteiger partial charge on any atom is -0.496 e. The first-order valence-corrected chi connectivity index (χ1v) is 12.3. The first-order chi connectivity index (χ1) is 14.6. The Bertz CT molecular complexity index is 1070. The largest absolute Gasteiger partial charge is 0.496 e. The van der Waals surface area contributed by atoms with Crippen LogP contribution in [0.5, 0.6) is 11.5 Å². The first kappa shape index (κ1) is 23.2. The molecule has 3 rings (SSSR count). The molecule has 0 unspecified atom stereocenters. The van der Waals surface area contributed by atoms with Crippen LogP contribution in [0.4, 0.5) is 5.69 Å². The van der Waals surface area contributed by atoms with Crippen molar-refractivity contribution >= 4 is 33.2 Å². The molecule has 0 aliphatic carbocycles. The Hall–Kier alpha value is -2.45. The Balaban J connectivity index is 1.83. The van der Waals surface area contributed by atoms with E-state index in [0.717, 1.165) is 23.1 Å². The van der Waals surface area contributed by atoms with Crippen molar-refractivity contribution in [3.63, 3.8) is 0 Å². The summed E-state index contributed by atoms with van der Waals surface area (Å²) >= 11 is 6.07. The summed E-state index contributed by atoms with van der Waals surface area (Å²) in [6.45, 7) is 4.05. The fourth-order valence-electron chi connectivity index (χ4n) is 3.69. The molecule has 1 aliphatic heterocycles. The number of hydrogen-bond donors (Lipinski definition) is 1. The van der Waals surface area contributed by atoms with Gasteiger partial charge in [-0.3, -0.25) is 9.10 Å². The molecule has 7 nitrogen and oxygen atoms in total. The second-order valence-electron chi connectivity index (χ2n) is 7.54. The lowest BCUT2D eigenvalue weighted by Crippen LogP contribution is -2.41. The van der Waals surface area contributed by atoms with Crippen molar-refractivity contribution in [2.24, 2.45) is 0 Å². The van der Waals surface area contributed by atoms with Gasteiger partial charge < -0.3 is 14.8 Å². The molecule has 0 fully saturated rings. The van der Waals surface area contributed by atoms with Gasteiger partial charge in [-0.1, -0.05) is 30.7 Å². The van der Waals surface area contributed by atoms with Crippen LogP contribution in [-0.4, -0.2) is 40.3 Å². The van der Waals surface area contributed by atoms with Crippen molar-refractivity contribution in [1.29, 1.82) is 0 Å². The van der Waals surface area contributed by atoms with E-state index >= 15 is 0 Å². The summed E-state index contributed by atoms with van der Waals surface area (Å²) in [4.78, 5) is 13.1. The first-order valence-electron chi connectivity index (χ1n) is 10.0. The maximum absolute atomic E-state index is 13.1. The fraction of sp³-hybridized carbons (Fsp3) is 0.409. The van der Waals surface area contributed by atoms with Gasteiger partial charge in [-0.25, -0.2) is 8.42 Å². The molecule has 1 aliphatic rings. The number of methoxy groups -OCH3 is 1. The fourth-order valence-corrected chi connectivity index (χ4v) is 4.79. The van der Waals surface area contributed by atoms with Crippen LogP contribution in [0.15, 0.2) is 36.4 Å². The van der Waals surface area contributed by atoms with Crippen LogP contribution >= 0.6 is 11.6 Å². The number of carbonyl (C=O) groups is 1. The molecular weight excluding hydrogens is 440 g/mol. The van der Waals surface area contributed by atoms with Gasteiger partial charge >= 0.3 is 0 Å².